The molecule has 1 aliphatic rings. The van der Waals surface area contributed by atoms with Gasteiger partial charge in [-0.3, -0.25) is 0 Å². The van der Waals surface area contributed by atoms with Crippen molar-refractivity contribution in [1.82, 2.24) is 10.2 Å². The Morgan fingerprint density at radius 2 is 2.50 bits per heavy atom. The normalized spacial score (nSPS) is 21.1. The molecule has 6 nitrogen and oxygen atoms in total. The van der Waals surface area contributed by atoms with Gasteiger partial charge >= 0.3 is 0 Å². The minimum absolute atomic E-state index is 0.0422. The Morgan fingerprint density at radius 1 is 1.62 bits per heavy atom. The van der Waals surface area contributed by atoms with Crippen molar-refractivity contribution in [3.8, 4) is 0 Å². The van der Waals surface area contributed by atoms with E-state index in [-0.39, 0.29) is 12.6 Å². The number of nitrogens with zero attached hydrogens (tertiary/aromatic N) is 3. The molecular weight excluding hydrogens is 208 g/mol. The summed E-state index contributed by atoms with van der Waals surface area (Å²) in [5, 5.41) is 17.3. The summed E-state index contributed by atoms with van der Waals surface area (Å²) in [4.78, 5) is 2.01. The first-order chi connectivity index (χ1) is 7.86. The van der Waals surface area contributed by atoms with Crippen LogP contribution < -0.4 is 10.6 Å². The molecule has 1 aromatic heterocycles. The minimum Gasteiger partial charge on any atom is -0.394 e. The number of nitrogens with two attached hydrogens (primary N) is 1. The molecule has 0 aliphatic carbocycles. The van der Waals surface area contributed by atoms with E-state index in [9.17, 15) is 5.11 Å². The van der Waals surface area contributed by atoms with Gasteiger partial charge < -0.3 is 20.5 Å². The summed E-state index contributed by atoms with van der Waals surface area (Å²) in [7, 11) is 0. The van der Waals surface area contributed by atoms with Gasteiger partial charge in [0, 0.05) is 18.7 Å². The van der Waals surface area contributed by atoms with Gasteiger partial charge in [-0.05, 0) is 6.07 Å². The molecule has 0 radical (unpaired) electrons. The van der Waals surface area contributed by atoms with Crippen LogP contribution in [0.1, 0.15) is 5.56 Å². The molecule has 3 N–H and O–H groups in total. The topological polar surface area (TPSA) is 84.5 Å². The van der Waals surface area contributed by atoms with E-state index in [0.717, 1.165) is 11.4 Å². The van der Waals surface area contributed by atoms with Crippen molar-refractivity contribution >= 4 is 5.82 Å². The first-order valence-electron chi connectivity index (χ1n) is 5.32. The average Bonchev–Trinajstić information content (AvgIpc) is 2.38. The van der Waals surface area contributed by atoms with Crippen LogP contribution in [-0.2, 0) is 11.3 Å². The van der Waals surface area contributed by atoms with Gasteiger partial charge in [0.1, 0.15) is 0 Å². The SMILES string of the molecule is NCc1ccnnc1N1CCOCC1CO. The number of aromatic nitrogens is 2. The molecule has 1 atom stereocenters. The second-order valence-electron chi connectivity index (χ2n) is 3.69. The second-order valence-corrected chi connectivity index (χ2v) is 3.69. The van der Waals surface area contributed by atoms with Crippen LogP contribution in [-0.4, -0.2) is 47.7 Å². The minimum atomic E-state index is -0.0595. The Labute approximate surface area is 94.0 Å². The van der Waals surface area contributed by atoms with Crippen LogP contribution in [0.2, 0.25) is 0 Å². The lowest BCUT2D eigenvalue weighted by Gasteiger charge is -2.35. The molecule has 88 valence electrons. The molecule has 6 heteroatoms. The van der Waals surface area contributed by atoms with E-state index in [1.54, 1.807) is 6.20 Å². The van der Waals surface area contributed by atoms with E-state index in [4.69, 9.17) is 10.5 Å². The molecule has 1 saturated heterocycles. The van der Waals surface area contributed by atoms with Gasteiger partial charge in [-0.25, -0.2) is 0 Å². The maximum absolute atomic E-state index is 9.29. The first-order valence-corrected chi connectivity index (χ1v) is 5.32. The first kappa shape index (κ1) is 11.3. The van der Waals surface area contributed by atoms with Crippen LogP contribution in [0.15, 0.2) is 12.3 Å². The summed E-state index contributed by atoms with van der Waals surface area (Å²) in [6, 6.07) is 1.79. The predicted octanol–water partition coefficient (Wildman–Crippen LogP) is -0.867. The summed E-state index contributed by atoms with van der Waals surface area (Å²) < 4.78 is 5.32. The quantitative estimate of drug-likeness (QED) is 0.694. The molecule has 16 heavy (non-hydrogen) atoms. The average molecular weight is 224 g/mol. The Balaban J connectivity index is 2.26. The molecule has 0 aromatic carbocycles. The second kappa shape index (κ2) is 5.20. The van der Waals surface area contributed by atoms with E-state index in [1.807, 2.05) is 11.0 Å². The highest BCUT2D eigenvalue weighted by Gasteiger charge is 2.25. The van der Waals surface area contributed by atoms with Crippen molar-refractivity contribution in [1.29, 1.82) is 0 Å². The molecule has 1 fully saturated rings. The van der Waals surface area contributed by atoms with Crippen molar-refractivity contribution in [3.05, 3.63) is 17.8 Å². The summed E-state index contributed by atoms with van der Waals surface area (Å²) in [6.45, 7) is 2.31. The Morgan fingerprint density at radius 3 is 3.25 bits per heavy atom. The number of hydrogen-bond donors (Lipinski definition) is 2. The number of hydrogen-bond acceptors (Lipinski definition) is 6. The fourth-order valence-electron chi connectivity index (χ4n) is 1.84. The number of ether oxygens (including phenoxy) is 1. The van der Waals surface area contributed by atoms with Crippen LogP contribution >= 0.6 is 0 Å². The van der Waals surface area contributed by atoms with Crippen LogP contribution in [0.4, 0.5) is 5.82 Å². The van der Waals surface area contributed by atoms with Crippen molar-refractivity contribution in [2.75, 3.05) is 31.3 Å². The fraction of sp³-hybridized carbons (Fsp3) is 0.600. The molecule has 1 unspecified atom stereocenters. The lowest BCUT2D eigenvalue weighted by molar-refractivity contribution is 0.0721. The Bertz CT molecular complexity index is 347. The number of morpholine rings is 1. The summed E-state index contributed by atoms with van der Waals surface area (Å²) in [6.07, 6.45) is 1.63. The third-order valence-electron chi connectivity index (χ3n) is 2.71. The van der Waals surface area contributed by atoms with E-state index >= 15 is 0 Å². The maximum atomic E-state index is 9.29. The lowest BCUT2D eigenvalue weighted by atomic mass is 10.2. The Hall–Kier alpha value is -1.24. The predicted molar refractivity (Wildman–Crippen MR) is 59.0 cm³/mol. The monoisotopic (exact) mass is 224 g/mol. The van der Waals surface area contributed by atoms with Crippen LogP contribution in [0, 0.1) is 0 Å². The zero-order chi connectivity index (χ0) is 11.4. The molecular formula is C10H16N4O2. The van der Waals surface area contributed by atoms with Crippen LogP contribution in [0.3, 0.4) is 0 Å². The maximum Gasteiger partial charge on any atom is 0.156 e. The fourth-order valence-corrected chi connectivity index (χ4v) is 1.84. The standard InChI is InChI=1S/C10H16N4O2/c11-5-8-1-2-12-13-10(8)14-3-4-16-7-9(14)6-15/h1-2,9,15H,3-7,11H2. The van der Waals surface area contributed by atoms with Gasteiger partial charge in [-0.2, -0.15) is 5.10 Å². The van der Waals surface area contributed by atoms with E-state index in [1.165, 1.54) is 0 Å². The van der Waals surface area contributed by atoms with Gasteiger partial charge in [0.2, 0.25) is 0 Å². The Kier molecular flexibility index (Phi) is 3.66. The van der Waals surface area contributed by atoms with Crippen molar-refractivity contribution in [2.24, 2.45) is 5.73 Å². The molecule has 0 amide bonds. The third-order valence-corrected chi connectivity index (χ3v) is 2.71. The summed E-state index contributed by atoms with van der Waals surface area (Å²) in [5.41, 5.74) is 6.60. The largest absolute Gasteiger partial charge is 0.394 e. The smallest absolute Gasteiger partial charge is 0.156 e. The number of anilines is 1. The van der Waals surface area contributed by atoms with Gasteiger partial charge in [-0.1, -0.05) is 0 Å². The zero-order valence-electron chi connectivity index (χ0n) is 9.04. The molecule has 1 aromatic rings. The van der Waals surface area contributed by atoms with Gasteiger partial charge in [0.05, 0.1) is 32.1 Å². The van der Waals surface area contributed by atoms with Crippen molar-refractivity contribution < 1.29 is 9.84 Å². The highest BCUT2D eigenvalue weighted by Crippen LogP contribution is 2.20. The van der Waals surface area contributed by atoms with Gasteiger partial charge in [0.25, 0.3) is 0 Å². The highest BCUT2D eigenvalue weighted by molar-refractivity contribution is 5.47. The van der Waals surface area contributed by atoms with Crippen LogP contribution in [0.5, 0.6) is 0 Å². The molecule has 1 aliphatic heterocycles. The van der Waals surface area contributed by atoms with Crippen LogP contribution in [0.25, 0.3) is 0 Å². The lowest BCUT2D eigenvalue weighted by Crippen LogP contribution is -2.48. The van der Waals surface area contributed by atoms with E-state index < -0.39 is 0 Å². The molecule has 2 heterocycles. The highest BCUT2D eigenvalue weighted by atomic mass is 16.5. The number of aliphatic hydroxyl groups is 1. The number of aliphatic hydroxyl groups excluding tert-OH is 1. The van der Waals surface area contributed by atoms with Gasteiger partial charge in [-0.15, -0.1) is 5.10 Å². The van der Waals surface area contributed by atoms with Gasteiger partial charge in [0.15, 0.2) is 5.82 Å². The summed E-state index contributed by atoms with van der Waals surface area (Å²) in [5.74, 6) is 0.757. The molecule has 0 spiro atoms. The summed E-state index contributed by atoms with van der Waals surface area (Å²) >= 11 is 0. The third kappa shape index (κ3) is 2.13. The zero-order valence-corrected chi connectivity index (χ0v) is 9.04. The van der Waals surface area contributed by atoms with E-state index in [0.29, 0.717) is 26.3 Å². The molecule has 2 rings (SSSR count). The van der Waals surface area contributed by atoms with Crippen molar-refractivity contribution in [3.63, 3.8) is 0 Å². The number of rotatable bonds is 3. The van der Waals surface area contributed by atoms with E-state index in [2.05, 4.69) is 10.2 Å². The molecule has 0 saturated carbocycles. The molecule has 0 bridgehead atoms. The van der Waals surface area contributed by atoms with Crippen molar-refractivity contribution in [2.45, 2.75) is 12.6 Å².